The lowest BCUT2D eigenvalue weighted by molar-refractivity contribution is 0.362. The highest BCUT2D eigenvalue weighted by Crippen LogP contribution is 2.29. The highest BCUT2D eigenvalue weighted by Gasteiger charge is 2.18. The van der Waals surface area contributed by atoms with Crippen LogP contribution in [0.1, 0.15) is 5.56 Å². The van der Waals surface area contributed by atoms with E-state index < -0.39 is 0 Å². The van der Waals surface area contributed by atoms with Crippen LogP contribution in [0.15, 0.2) is 84.3 Å². The number of halogens is 2. The van der Waals surface area contributed by atoms with Gasteiger partial charge in [-0.3, -0.25) is 9.36 Å². The van der Waals surface area contributed by atoms with E-state index in [0.717, 1.165) is 5.69 Å². The third-order valence-electron chi connectivity index (χ3n) is 4.95. The number of rotatable bonds is 7. The fourth-order valence-corrected chi connectivity index (χ4v) is 3.93. The number of hydrogen-bond donors (Lipinski definition) is 0. The number of fused-ring (bicyclic) bond motifs is 1. The van der Waals surface area contributed by atoms with Crippen molar-refractivity contribution in [3.8, 4) is 29.0 Å². The second kappa shape index (κ2) is 10.9. The molecule has 0 atom stereocenters. The molecule has 2 aromatic carbocycles. The van der Waals surface area contributed by atoms with Crippen molar-refractivity contribution >= 4 is 34.2 Å². The van der Waals surface area contributed by atoms with Crippen LogP contribution in [0.5, 0.6) is 11.5 Å². The molecule has 0 aliphatic carbocycles. The lowest BCUT2D eigenvalue weighted by Gasteiger charge is -2.16. The van der Waals surface area contributed by atoms with Crippen molar-refractivity contribution in [1.29, 1.82) is 0 Å². The van der Waals surface area contributed by atoms with Crippen LogP contribution in [-0.4, -0.2) is 22.8 Å². The smallest absolute Gasteiger partial charge is 0.264 e. The van der Waals surface area contributed by atoms with Crippen LogP contribution in [0.3, 0.4) is 0 Å². The monoisotopic (exact) mass is 490 g/mol. The van der Waals surface area contributed by atoms with Crippen molar-refractivity contribution in [2.45, 2.75) is 6.42 Å². The molecule has 0 unspecified atom stereocenters. The summed E-state index contributed by atoms with van der Waals surface area (Å²) in [5, 5.41) is 1.66. The van der Waals surface area contributed by atoms with E-state index in [0.29, 0.717) is 44.6 Å². The summed E-state index contributed by atoms with van der Waals surface area (Å²) < 4.78 is 13.2. The molecule has 0 bridgehead atoms. The van der Waals surface area contributed by atoms with E-state index in [9.17, 15) is 4.79 Å². The van der Waals surface area contributed by atoms with E-state index in [-0.39, 0.29) is 18.8 Å². The van der Waals surface area contributed by atoms with Gasteiger partial charge in [0.25, 0.3) is 5.56 Å². The quantitative estimate of drug-likeness (QED) is 0.239. The average molecular weight is 491 g/mol. The van der Waals surface area contributed by atoms with Gasteiger partial charge in [-0.25, -0.2) is 4.98 Å². The largest absolute Gasteiger partial charge is 0.480 e. The molecule has 0 fully saturated rings. The van der Waals surface area contributed by atoms with Crippen LogP contribution in [0.4, 0.5) is 0 Å². The van der Waals surface area contributed by atoms with Crippen molar-refractivity contribution in [2.24, 2.45) is 0 Å². The van der Waals surface area contributed by atoms with Gasteiger partial charge in [-0.05, 0) is 48.9 Å². The molecule has 7 heteroatoms. The van der Waals surface area contributed by atoms with Crippen LogP contribution in [0.25, 0.3) is 16.7 Å². The van der Waals surface area contributed by atoms with Gasteiger partial charge in [0.1, 0.15) is 24.7 Å². The number of benzene rings is 2. The minimum atomic E-state index is -0.207. The van der Waals surface area contributed by atoms with Crippen LogP contribution in [0, 0.1) is 11.8 Å². The number of ether oxygens (including phenoxy) is 2. The Bertz CT molecular complexity index is 1450. The zero-order valence-electron chi connectivity index (χ0n) is 18.1. The summed E-state index contributed by atoms with van der Waals surface area (Å²) in [4.78, 5) is 17.9. The molecule has 0 saturated carbocycles. The van der Waals surface area contributed by atoms with Crippen molar-refractivity contribution in [1.82, 2.24) is 9.55 Å². The van der Waals surface area contributed by atoms with Crippen molar-refractivity contribution in [3.05, 3.63) is 105 Å². The number of aromatic nitrogens is 2. The summed E-state index contributed by atoms with van der Waals surface area (Å²) in [5.41, 5.74) is 1.52. The Labute approximate surface area is 207 Å². The molecule has 0 aliphatic heterocycles. The van der Waals surface area contributed by atoms with E-state index in [1.165, 1.54) is 0 Å². The van der Waals surface area contributed by atoms with Gasteiger partial charge in [0, 0.05) is 11.2 Å². The van der Waals surface area contributed by atoms with Gasteiger partial charge in [-0.1, -0.05) is 59.3 Å². The molecule has 0 saturated heterocycles. The molecule has 0 amide bonds. The van der Waals surface area contributed by atoms with E-state index in [2.05, 4.69) is 23.4 Å². The Kier molecular flexibility index (Phi) is 7.54. The topological polar surface area (TPSA) is 53.4 Å². The highest BCUT2D eigenvalue weighted by molar-refractivity contribution is 6.35. The van der Waals surface area contributed by atoms with Gasteiger partial charge in [-0.15, -0.1) is 6.58 Å². The lowest BCUT2D eigenvalue weighted by atomic mass is 10.1. The van der Waals surface area contributed by atoms with E-state index >= 15 is 0 Å². The first-order valence-corrected chi connectivity index (χ1v) is 11.2. The summed E-state index contributed by atoms with van der Waals surface area (Å²) >= 11 is 12.0. The Hall–Kier alpha value is -3.72. The van der Waals surface area contributed by atoms with E-state index in [1.807, 2.05) is 42.5 Å². The number of hydrogen-bond acceptors (Lipinski definition) is 4. The van der Waals surface area contributed by atoms with Crippen molar-refractivity contribution in [3.63, 3.8) is 0 Å². The van der Waals surface area contributed by atoms with Crippen molar-refractivity contribution < 1.29 is 9.47 Å². The summed E-state index contributed by atoms with van der Waals surface area (Å²) in [6.45, 7) is 4.00. The molecule has 5 nitrogen and oxygen atoms in total. The highest BCUT2D eigenvalue weighted by atomic mass is 35.5. The Balaban J connectivity index is 1.61. The fourth-order valence-electron chi connectivity index (χ4n) is 3.47. The molecule has 0 radical (unpaired) electrons. The Morgan fingerprint density at radius 2 is 1.76 bits per heavy atom. The summed E-state index contributed by atoms with van der Waals surface area (Å²) in [7, 11) is 0. The van der Waals surface area contributed by atoms with E-state index in [4.69, 9.17) is 32.7 Å². The first kappa shape index (κ1) is 23.4. The second-order valence-corrected chi connectivity index (χ2v) is 8.00. The molecule has 2 aromatic heterocycles. The maximum Gasteiger partial charge on any atom is 0.264 e. The molecule has 170 valence electrons. The average Bonchev–Trinajstić information content (AvgIpc) is 2.84. The minimum Gasteiger partial charge on any atom is -0.480 e. The predicted molar refractivity (Wildman–Crippen MR) is 136 cm³/mol. The maximum absolute atomic E-state index is 13.5. The van der Waals surface area contributed by atoms with Crippen LogP contribution >= 0.6 is 23.2 Å². The lowest BCUT2D eigenvalue weighted by Crippen LogP contribution is -2.24. The SMILES string of the molecule is C=CCc1c(OCC#CCOc2ccc(Cl)cc2Cl)c2cccnc2n(-c2ccccc2)c1=O. The Morgan fingerprint density at radius 1 is 1.00 bits per heavy atom. The number of para-hydroxylation sites is 1. The van der Waals surface area contributed by atoms with Gasteiger partial charge in [0.05, 0.1) is 21.7 Å². The zero-order valence-corrected chi connectivity index (χ0v) is 19.6. The fraction of sp³-hybridized carbons (Fsp3) is 0.111. The zero-order chi connectivity index (χ0) is 23.9. The van der Waals surface area contributed by atoms with Gasteiger partial charge < -0.3 is 9.47 Å². The molecule has 0 aliphatic rings. The molecular weight excluding hydrogens is 471 g/mol. The third kappa shape index (κ3) is 5.09. The van der Waals surface area contributed by atoms with Gasteiger partial charge in [0.15, 0.2) is 5.65 Å². The molecule has 34 heavy (non-hydrogen) atoms. The van der Waals surface area contributed by atoms with Crippen molar-refractivity contribution in [2.75, 3.05) is 13.2 Å². The van der Waals surface area contributed by atoms with Crippen LogP contribution in [0.2, 0.25) is 10.0 Å². The second-order valence-electron chi connectivity index (χ2n) is 7.16. The van der Waals surface area contributed by atoms with Crippen LogP contribution in [-0.2, 0) is 6.42 Å². The third-order valence-corrected chi connectivity index (χ3v) is 5.48. The molecule has 0 spiro atoms. The number of nitrogens with zero attached hydrogens (tertiary/aromatic N) is 2. The Morgan fingerprint density at radius 3 is 2.50 bits per heavy atom. The number of pyridine rings is 2. The van der Waals surface area contributed by atoms with E-state index in [1.54, 1.807) is 35.0 Å². The molecule has 4 rings (SSSR count). The minimum absolute atomic E-state index is 0.0701. The molecule has 2 heterocycles. The maximum atomic E-state index is 13.5. The van der Waals surface area contributed by atoms with Gasteiger partial charge in [0.2, 0.25) is 0 Å². The van der Waals surface area contributed by atoms with Gasteiger partial charge >= 0.3 is 0 Å². The summed E-state index contributed by atoms with van der Waals surface area (Å²) in [6, 6.07) is 18.1. The molecular formula is C27H20Cl2N2O3. The first-order valence-electron chi connectivity index (χ1n) is 10.5. The van der Waals surface area contributed by atoms with Gasteiger partial charge in [-0.2, -0.15) is 0 Å². The summed E-state index contributed by atoms with van der Waals surface area (Å²) in [5.74, 6) is 6.75. The normalized spacial score (nSPS) is 10.4. The van der Waals surface area contributed by atoms with Crippen LogP contribution < -0.4 is 15.0 Å². The molecule has 4 aromatic rings. The first-order chi connectivity index (χ1) is 16.6. The number of allylic oxidation sites excluding steroid dienone is 1. The molecule has 0 N–H and O–H groups in total. The summed E-state index contributed by atoms with van der Waals surface area (Å²) in [6.07, 6.45) is 3.67. The predicted octanol–water partition coefficient (Wildman–Crippen LogP) is 5.88. The standard InChI is InChI=1S/C27H20Cl2N2O3/c1-2-9-22-25(34-17-7-6-16-33-24-14-13-19(28)18-23(24)29)21-12-8-15-30-26(21)31(27(22)32)20-10-4-3-5-11-20/h2-5,8,10-15,18H,1,9,16-17H2.